The topological polar surface area (TPSA) is 65.2 Å². The van der Waals surface area contributed by atoms with Gasteiger partial charge in [0.25, 0.3) is 5.89 Å². The van der Waals surface area contributed by atoms with Gasteiger partial charge in [-0.05, 0) is 43.7 Å². The van der Waals surface area contributed by atoms with Crippen molar-refractivity contribution >= 4 is 5.97 Å². The minimum absolute atomic E-state index is 0.132. The van der Waals surface area contributed by atoms with Crippen molar-refractivity contribution in [2.75, 3.05) is 0 Å². The van der Waals surface area contributed by atoms with E-state index in [0.717, 1.165) is 11.6 Å². The number of aryl methyl sites for hydroxylation is 1. The number of hydrogen-bond donors (Lipinski definition) is 0. The molecular weight excluding hydrogens is 311 g/mol. The number of carbonyl (C=O) groups is 1. The van der Waals surface area contributed by atoms with Gasteiger partial charge in [-0.3, -0.25) is 0 Å². The number of halogens is 1. The van der Waals surface area contributed by atoms with Gasteiger partial charge < -0.3 is 9.15 Å². The lowest BCUT2D eigenvalue weighted by molar-refractivity contribution is 0.0279. The maximum Gasteiger partial charge on any atom is 0.339 e. The second kappa shape index (κ2) is 6.62. The van der Waals surface area contributed by atoms with E-state index in [1.807, 2.05) is 30.3 Å². The quantitative estimate of drug-likeness (QED) is 0.675. The van der Waals surface area contributed by atoms with Gasteiger partial charge in [-0.25, -0.2) is 9.18 Å². The molecule has 5 nitrogen and oxygen atoms in total. The molecule has 1 heterocycles. The Bertz CT molecular complexity index is 862. The van der Waals surface area contributed by atoms with Crippen LogP contribution in [0.5, 0.6) is 0 Å². The molecule has 24 heavy (non-hydrogen) atoms. The molecule has 0 spiro atoms. The van der Waals surface area contributed by atoms with Crippen molar-refractivity contribution in [3.63, 3.8) is 0 Å². The summed E-state index contributed by atoms with van der Waals surface area (Å²) in [5.74, 6) is -0.591. The maximum absolute atomic E-state index is 13.5. The summed E-state index contributed by atoms with van der Waals surface area (Å²) in [7, 11) is 0. The van der Waals surface area contributed by atoms with E-state index < -0.39 is 17.9 Å². The Hall–Kier alpha value is -3.02. The second-order valence-corrected chi connectivity index (χ2v) is 5.32. The van der Waals surface area contributed by atoms with Crippen LogP contribution in [0.15, 0.2) is 52.9 Å². The molecule has 0 aliphatic rings. The van der Waals surface area contributed by atoms with E-state index in [2.05, 4.69) is 10.2 Å². The van der Waals surface area contributed by atoms with Crippen LogP contribution in [0.4, 0.5) is 4.39 Å². The molecule has 0 saturated carbocycles. The summed E-state index contributed by atoms with van der Waals surface area (Å²) >= 11 is 0. The Morgan fingerprint density at radius 1 is 1.17 bits per heavy atom. The fourth-order valence-electron chi connectivity index (χ4n) is 2.10. The molecule has 2 aromatic carbocycles. The van der Waals surface area contributed by atoms with Crippen LogP contribution in [0.25, 0.3) is 11.5 Å². The third-order valence-corrected chi connectivity index (χ3v) is 3.50. The van der Waals surface area contributed by atoms with Crippen LogP contribution < -0.4 is 0 Å². The summed E-state index contributed by atoms with van der Waals surface area (Å²) in [6, 6.07) is 13.4. The zero-order valence-corrected chi connectivity index (χ0v) is 13.2. The molecule has 3 rings (SSSR count). The average Bonchev–Trinajstić information content (AvgIpc) is 3.08. The highest BCUT2D eigenvalue weighted by molar-refractivity contribution is 5.89. The van der Waals surface area contributed by atoms with E-state index in [4.69, 9.17) is 9.15 Å². The summed E-state index contributed by atoms with van der Waals surface area (Å²) in [6.45, 7) is 3.24. The smallest absolute Gasteiger partial charge is 0.339 e. The third-order valence-electron chi connectivity index (χ3n) is 3.50. The molecule has 1 aromatic heterocycles. The minimum atomic E-state index is -0.744. The first kappa shape index (κ1) is 15.9. The molecule has 0 aliphatic heterocycles. The molecule has 0 fully saturated rings. The molecule has 0 radical (unpaired) electrons. The largest absolute Gasteiger partial charge is 0.449 e. The van der Waals surface area contributed by atoms with Gasteiger partial charge in [0.1, 0.15) is 5.82 Å². The zero-order valence-electron chi connectivity index (χ0n) is 13.2. The Labute approximate surface area is 138 Å². The van der Waals surface area contributed by atoms with Gasteiger partial charge in [0, 0.05) is 5.56 Å². The van der Waals surface area contributed by atoms with Crippen molar-refractivity contribution in [3.05, 3.63) is 71.4 Å². The van der Waals surface area contributed by atoms with Crippen molar-refractivity contribution in [2.45, 2.75) is 20.0 Å². The molecule has 122 valence electrons. The summed E-state index contributed by atoms with van der Waals surface area (Å²) in [5, 5.41) is 7.85. The SMILES string of the molecule is Cc1ccc(C(=O)OC(C)c2nnc(-c3ccccc3)o2)cc1F. The maximum atomic E-state index is 13.5. The van der Waals surface area contributed by atoms with Crippen LogP contribution in [0.1, 0.15) is 34.8 Å². The van der Waals surface area contributed by atoms with Gasteiger partial charge in [-0.1, -0.05) is 24.3 Å². The fourth-order valence-corrected chi connectivity index (χ4v) is 2.10. The average molecular weight is 326 g/mol. The van der Waals surface area contributed by atoms with Crippen molar-refractivity contribution in [1.82, 2.24) is 10.2 Å². The highest BCUT2D eigenvalue weighted by Crippen LogP contribution is 2.23. The van der Waals surface area contributed by atoms with Gasteiger partial charge in [-0.2, -0.15) is 0 Å². The first-order valence-corrected chi connectivity index (χ1v) is 7.40. The number of aromatic nitrogens is 2. The Kier molecular flexibility index (Phi) is 4.37. The van der Waals surface area contributed by atoms with Crippen molar-refractivity contribution < 1.29 is 18.3 Å². The van der Waals surface area contributed by atoms with Crippen LogP contribution >= 0.6 is 0 Å². The number of carbonyl (C=O) groups excluding carboxylic acids is 1. The van der Waals surface area contributed by atoms with Crippen LogP contribution in [0.3, 0.4) is 0 Å². The number of benzene rings is 2. The van der Waals surface area contributed by atoms with Crippen LogP contribution in [0, 0.1) is 12.7 Å². The minimum Gasteiger partial charge on any atom is -0.449 e. The van der Waals surface area contributed by atoms with E-state index in [0.29, 0.717) is 11.5 Å². The van der Waals surface area contributed by atoms with E-state index in [1.54, 1.807) is 13.8 Å². The Morgan fingerprint density at radius 3 is 2.62 bits per heavy atom. The van der Waals surface area contributed by atoms with Crippen LogP contribution in [0.2, 0.25) is 0 Å². The molecule has 0 amide bonds. The Balaban J connectivity index is 1.73. The third kappa shape index (κ3) is 3.32. The van der Waals surface area contributed by atoms with E-state index in [1.165, 1.54) is 12.1 Å². The molecule has 6 heteroatoms. The van der Waals surface area contributed by atoms with E-state index in [-0.39, 0.29) is 11.5 Å². The lowest BCUT2D eigenvalue weighted by atomic mass is 10.1. The fraction of sp³-hybridized carbons (Fsp3) is 0.167. The molecule has 0 saturated heterocycles. The first-order chi connectivity index (χ1) is 11.5. The number of ether oxygens (including phenoxy) is 1. The molecule has 1 unspecified atom stereocenters. The molecule has 0 N–H and O–H groups in total. The van der Waals surface area contributed by atoms with Crippen molar-refractivity contribution in [2.24, 2.45) is 0 Å². The molecule has 0 bridgehead atoms. The number of nitrogens with zero attached hydrogens (tertiary/aromatic N) is 2. The molecule has 3 aromatic rings. The van der Waals surface area contributed by atoms with Gasteiger partial charge in [0.05, 0.1) is 5.56 Å². The van der Waals surface area contributed by atoms with Crippen LogP contribution in [-0.4, -0.2) is 16.2 Å². The Morgan fingerprint density at radius 2 is 1.92 bits per heavy atom. The van der Waals surface area contributed by atoms with E-state index in [9.17, 15) is 9.18 Å². The predicted octanol–water partition coefficient (Wildman–Crippen LogP) is 4.10. The first-order valence-electron chi connectivity index (χ1n) is 7.40. The van der Waals surface area contributed by atoms with Gasteiger partial charge >= 0.3 is 5.97 Å². The summed E-state index contributed by atoms with van der Waals surface area (Å²) in [6.07, 6.45) is -0.744. The second-order valence-electron chi connectivity index (χ2n) is 5.32. The monoisotopic (exact) mass is 326 g/mol. The number of esters is 1. The van der Waals surface area contributed by atoms with Gasteiger partial charge in [-0.15, -0.1) is 10.2 Å². The summed E-state index contributed by atoms with van der Waals surface area (Å²) in [4.78, 5) is 12.1. The van der Waals surface area contributed by atoms with Crippen molar-refractivity contribution in [1.29, 1.82) is 0 Å². The predicted molar refractivity (Wildman–Crippen MR) is 84.7 cm³/mol. The number of rotatable bonds is 4. The lowest BCUT2D eigenvalue weighted by Crippen LogP contribution is -2.10. The van der Waals surface area contributed by atoms with Crippen LogP contribution in [-0.2, 0) is 4.74 Å². The molecule has 1 atom stereocenters. The van der Waals surface area contributed by atoms with E-state index >= 15 is 0 Å². The summed E-state index contributed by atoms with van der Waals surface area (Å²) < 4.78 is 24.3. The number of hydrogen-bond acceptors (Lipinski definition) is 5. The normalized spacial score (nSPS) is 12.0. The van der Waals surface area contributed by atoms with Gasteiger partial charge in [0.2, 0.25) is 5.89 Å². The highest BCUT2D eigenvalue weighted by Gasteiger charge is 2.20. The van der Waals surface area contributed by atoms with Gasteiger partial charge in [0.15, 0.2) is 6.10 Å². The highest BCUT2D eigenvalue weighted by atomic mass is 19.1. The standard InChI is InChI=1S/C18H15FN2O3/c1-11-8-9-14(10-15(11)19)18(22)23-12(2)16-20-21-17(24-16)13-6-4-3-5-7-13/h3-10,12H,1-2H3. The molecular formula is C18H15FN2O3. The molecule has 0 aliphatic carbocycles. The summed E-state index contributed by atoms with van der Waals surface area (Å²) in [5.41, 5.74) is 1.37. The van der Waals surface area contributed by atoms with Crippen molar-refractivity contribution in [3.8, 4) is 11.5 Å². The lowest BCUT2D eigenvalue weighted by Gasteiger charge is -2.09. The zero-order chi connectivity index (χ0) is 17.1.